The fourth-order valence-electron chi connectivity index (χ4n) is 1.42. The van der Waals surface area contributed by atoms with Crippen LogP contribution in [0.3, 0.4) is 0 Å². The van der Waals surface area contributed by atoms with E-state index in [9.17, 15) is 4.79 Å². The van der Waals surface area contributed by atoms with Gasteiger partial charge in [0.2, 0.25) is 5.71 Å². The van der Waals surface area contributed by atoms with Gasteiger partial charge in [-0.05, 0) is 12.1 Å². The molecule has 0 spiro atoms. The fourth-order valence-corrected chi connectivity index (χ4v) is 2.18. The number of rotatable bonds is 4. The largest absolute Gasteiger partial charge is 0.476 e. The van der Waals surface area contributed by atoms with Crippen LogP contribution in [0.15, 0.2) is 45.6 Å². The number of nitrogens with one attached hydrogen (secondary N) is 1. The Morgan fingerprint density at radius 1 is 1.45 bits per heavy atom. The normalized spacial score (nSPS) is 17.4. The lowest BCUT2D eigenvalue weighted by Gasteiger charge is -2.13. The summed E-state index contributed by atoms with van der Waals surface area (Å²) in [6, 6.07) is 9.40. The molecule has 0 fully saturated rings. The highest BCUT2D eigenvalue weighted by Gasteiger charge is 2.22. The second-order valence-corrected chi connectivity index (χ2v) is 4.60. The molecule has 0 aliphatic carbocycles. The molecule has 1 aliphatic heterocycles. The van der Waals surface area contributed by atoms with Gasteiger partial charge < -0.3 is 9.94 Å². The predicted octanol–water partition coefficient (Wildman–Crippen LogP) is 1.45. The Hall–Kier alpha value is -2.35. The number of hydrogen-bond donors (Lipinski definition) is 2. The topological polar surface area (TPSA) is 95.6 Å². The third kappa shape index (κ3) is 3.58. The van der Waals surface area contributed by atoms with Crippen molar-refractivity contribution in [1.29, 1.82) is 0 Å². The molecule has 0 atom stereocenters. The average Bonchev–Trinajstić information content (AvgIpc) is 2.47. The number of carboxylic acids is 1. The molecule has 8 heteroatoms. The molecule has 0 bridgehead atoms. The van der Waals surface area contributed by atoms with E-state index >= 15 is 0 Å². The van der Waals surface area contributed by atoms with Gasteiger partial charge in [0, 0.05) is 5.75 Å². The number of carboxylic acid groups (broad SMARTS) is 1. The minimum absolute atomic E-state index is 0.216. The molecule has 2 N–H and O–H groups in total. The van der Waals surface area contributed by atoms with Crippen molar-refractivity contribution in [1.82, 2.24) is 5.43 Å². The average molecular weight is 292 g/mol. The first-order chi connectivity index (χ1) is 9.70. The zero-order chi connectivity index (χ0) is 14.4. The van der Waals surface area contributed by atoms with Gasteiger partial charge >= 0.3 is 5.97 Å². The summed E-state index contributed by atoms with van der Waals surface area (Å²) in [5.74, 6) is -0.830. The first kappa shape index (κ1) is 14.1. The predicted molar refractivity (Wildman–Crippen MR) is 78.6 cm³/mol. The highest BCUT2D eigenvalue weighted by Crippen LogP contribution is 2.16. The van der Waals surface area contributed by atoms with Gasteiger partial charge in [-0.15, -0.1) is 0 Å². The van der Waals surface area contributed by atoms with E-state index in [1.165, 1.54) is 18.9 Å². The molecule has 0 radical (unpaired) electrons. The summed E-state index contributed by atoms with van der Waals surface area (Å²) in [5.41, 5.74) is 3.59. The molecule has 0 unspecified atom stereocenters. The molecule has 0 saturated carbocycles. The zero-order valence-corrected chi connectivity index (χ0v) is 11.4. The third-order valence-corrected chi connectivity index (χ3v) is 3.15. The summed E-state index contributed by atoms with van der Waals surface area (Å²) in [6.45, 7) is 0. The monoisotopic (exact) mass is 292 g/mol. The van der Waals surface area contributed by atoms with Crippen LogP contribution in [-0.4, -0.2) is 40.5 Å². The van der Waals surface area contributed by atoms with Crippen molar-refractivity contribution in [2.45, 2.75) is 0 Å². The molecule has 1 aromatic carbocycles. The molecule has 0 aromatic heterocycles. The lowest BCUT2D eigenvalue weighted by molar-refractivity contribution is -0.129. The van der Waals surface area contributed by atoms with Crippen molar-refractivity contribution >= 4 is 40.0 Å². The molecule has 0 saturated heterocycles. The minimum atomic E-state index is -1.18. The Morgan fingerprint density at radius 3 is 2.75 bits per heavy atom. The van der Waals surface area contributed by atoms with Crippen LogP contribution in [0.1, 0.15) is 0 Å². The summed E-state index contributed by atoms with van der Waals surface area (Å²) in [7, 11) is 1.29. The van der Waals surface area contributed by atoms with Gasteiger partial charge in [0.1, 0.15) is 12.8 Å². The molecule has 2 rings (SSSR count). The maximum Gasteiger partial charge on any atom is 0.359 e. The van der Waals surface area contributed by atoms with Gasteiger partial charge in [0.25, 0.3) is 0 Å². The van der Waals surface area contributed by atoms with Crippen LogP contribution in [0.4, 0.5) is 5.69 Å². The first-order valence-corrected chi connectivity index (χ1v) is 6.63. The fraction of sp³-hybridized carbons (Fsp3) is 0.167. The van der Waals surface area contributed by atoms with Crippen LogP contribution in [0.2, 0.25) is 0 Å². The summed E-state index contributed by atoms with van der Waals surface area (Å²) in [4.78, 5) is 19.8. The minimum Gasteiger partial charge on any atom is -0.476 e. The highest BCUT2D eigenvalue weighted by molar-refractivity contribution is 8.14. The van der Waals surface area contributed by atoms with E-state index in [-0.39, 0.29) is 5.71 Å². The summed E-state index contributed by atoms with van der Waals surface area (Å²) in [5, 5.41) is 17.0. The third-order valence-electron chi connectivity index (χ3n) is 2.28. The molecular formula is C12H12N4O3S. The van der Waals surface area contributed by atoms with E-state index in [4.69, 9.17) is 5.11 Å². The number of para-hydroxylation sites is 1. The van der Waals surface area contributed by atoms with Gasteiger partial charge in [-0.25, -0.2) is 9.79 Å². The van der Waals surface area contributed by atoms with Crippen LogP contribution in [-0.2, 0) is 9.63 Å². The Kier molecular flexibility index (Phi) is 4.72. The van der Waals surface area contributed by atoms with Gasteiger partial charge in [-0.3, -0.25) is 5.43 Å². The number of oxime groups is 1. The quantitative estimate of drug-likeness (QED) is 0.647. The Bertz CT molecular complexity index is 584. The summed E-state index contributed by atoms with van der Waals surface area (Å²) in [6.07, 6.45) is 0. The van der Waals surface area contributed by atoms with E-state index in [1.54, 1.807) is 0 Å². The first-order valence-electron chi connectivity index (χ1n) is 5.64. The number of hydrogen-bond acceptors (Lipinski definition) is 6. The Morgan fingerprint density at radius 2 is 2.20 bits per heavy atom. The van der Waals surface area contributed by atoms with E-state index in [2.05, 4.69) is 25.5 Å². The highest BCUT2D eigenvalue weighted by atomic mass is 32.2. The molecule has 1 heterocycles. The van der Waals surface area contributed by atoms with E-state index in [0.29, 0.717) is 16.6 Å². The van der Waals surface area contributed by atoms with Crippen LogP contribution < -0.4 is 5.43 Å². The van der Waals surface area contributed by atoms with E-state index in [0.717, 1.165) is 5.69 Å². The number of benzene rings is 1. The van der Waals surface area contributed by atoms with Gasteiger partial charge in [0.15, 0.2) is 5.17 Å². The number of carbonyl (C=O) groups is 1. The van der Waals surface area contributed by atoms with Crippen molar-refractivity contribution in [3.05, 3.63) is 30.3 Å². The van der Waals surface area contributed by atoms with E-state index < -0.39 is 5.97 Å². The van der Waals surface area contributed by atoms with Gasteiger partial charge in [0.05, 0.1) is 5.69 Å². The van der Waals surface area contributed by atoms with Crippen LogP contribution in [0, 0.1) is 0 Å². The molecule has 20 heavy (non-hydrogen) atoms. The SMILES string of the molecule is CON=C(C(=O)O)C1=NNC(=Nc2ccccc2)SC1. The number of aliphatic carboxylic acids is 1. The van der Waals surface area contributed by atoms with Crippen molar-refractivity contribution < 1.29 is 14.7 Å². The van der Waals surface area contributed by atoms with Crippen LogP contribution in [0.5, 0.6) is 0 Å². The number of nitrogens with zero attached hydrogens (tertiary/aromatic N) is 3. The second kappa shape index (κ2) is 6.71. The van der Waals surface area contributed by atoms with Gasteiger partial charge in [-0.1, -0.05) is 35.1 Å². The number of aliphatic imine (C=N–C) groups is 1. The molecule has 1 aliphatic rings. The number of thioether (sulfide) groups is 1. The smallest absolute Gasteiger partial charge is 0.359 e. The molecule has 0 amide bonds. The zero-order valence-electron chi connectivity index (χ0n) is 10.6. The maximum atomic E-state index is 11.0. The summed E-state index contributed by atoms with van der Waals surface area (Å²) >= 11 is 1.35. The number of amidine groups is 1. The standard InChI is InChI=1S/C12H12N4O3S/c1-19-16-10(11(17)18)9-7-20-12(15-14-9)13-8-5-3-2-4-6-8/h2-6H,7H2,1H3,(H,13,15)(H,17,18). The Balaban J connectivity index is 2.12. The van der Waals surface area contributed by atoms with Crippen LogP contribution in [0.25, 0.3) is 0 Å². The molecule has 1 aromatic rings. The molecule has 104 valence electrons. The van der Waals surface area contributed by atoms with Crippen LogP contribution >= 0.6 is 11.8 Å². The molecular weight excluding hydrogens is 280 g/mol. The lowest BCUT2D eigenvalue weighted by atomic mass is 10.2. The van der Waals surface area contributed by atoms with Crippen molar-refractivity contribution in [2.75, 3.05) is 12.9 Å². The van der Waals surface area contributed by atoms with E-state index in [1.807, 2.05) is 30.3 Å². The van der Waals surface area contributed by atoms with Crippen molar-refractivity contribution in [3.8, 4) is 0 Å². The van der Waals surface area contributed by atoms with Crippen molar-refractivity contribution in [2.24, 2.45) is 15.2 Å². The summed E-state index contributed by atoms with van der Waals surface area (Å²) < 4.78 is 0. The maximum absolute atomic E-state index is 11.0. The molecule has 7 nitrogen and oxygen atoms in total. The number of hydrazone groups is 1. The second-order valence-electron chi connectivity index (χ2n) is 3.64. The van der Waals surface area contributed by atoms with Gasteiger partial charge in [-0.2, -0.15) is 5.10 Å². The lowest BCUT2D eigenvalue weighted by Crippen LogP contribution is -2.33. The van der Waals surface area contributed by atoms with Crippen molar-refractivity contribution in [3.63, 3.8) is 0 Å². The Labute approximate surface area is 119 Å².